The van der Waals surface area contributed by atoms with Gasteiger partial charge in [0.25, 0.3) is 5.56 Å². The maximum absolute atomic E-state index is 12.6. The lowest BCUT2D eigenvalue weighted by molar-refractivity contribution is -0.125. The first kappa shape index (κ1) is 18.6. The first-order valence-electron chi connectivity index (χ1n) is 10.4. The molecule has 2 aromatic heterocycles. The predicted molar refractivity (Wildman–Crippen MR) is 119 cm³/mol. The molecule has 0 aliphatic carbocycles. The zero-order valence-corrected chi connectivity index (χ0v) is 16.6. The number of para-hydroxylation sites is 1. The third kappa shape index (κ3) is 3.62. The molecule has 0 unspecified atom stereocenters. The van der Waals surface area contributed by atoms with Crippen molar-refractivity contribution in [2.24, 2.45) is 5.92 Å². The van der Waals surface area contributed by atoms with Crippen molar-refractivity contribution in [3.05, 3.63) is 70.5 Å². The van der Waals surface area contributed by atoms with E-state index in [2.05, 4.69) is 26.7 Å². The number of hydrogen-bond acceptors (Lipinski definition) is 3. The van der Waals surface area contributed by atoms with Crippen molar-refractivity contribution in [1.29, 1.82) is 0 Å². The number of benzene rings is 2. The predicted octanol–water partition coefficient (Wildman–Crippen LogP) is 3.29. The van der Waals surface area contributed by atoms with Gasteiger partial charge >= 0.3 is 0 Å². The molecule has 6 nitrogen and oxygen atoms in total. The quantitative estimate of drug-likeness (QED) is 0.424. The molecule has 0 spiro atoms. The van der Waals surface area contributed by atoms with Crippen molar-refractivity contribution >= 4 is 27.7 Å². The van der Waals surface area contributed by atoms with Crippen LogP contribution in [0.4, 0.5) is 0 Å². The first-order valence-corrected chi connectivity index (χ1v) is 10.4. The average Bonchev–Trinajstić information content (AvgIpc) is 3.20. The van der Waals surface area contributed by atoms with Gasteiger partial charge in [0.1, 0.15) is 0 Å². The van der Waals surface area contributed by atoms with Crippen LogP contribution in [0, 0.1) is 5.92 Å². The van der Waals surface area contributed by atoms with Crippen LogP contribution >= 0.6 is 0 Å². The lowest BCUT2D eigenvalue weighted by atomic mass is 9.97. The number of nitrogens with one attached hydrogen (secondary N) is 4. The fraction of sp³-hybridized carbons (Fsp3) is 0.250. The maximum Gasteiger partial charge on any atom is 0.257 e. The summed E-state index contributed by atoms with van der Waals surface area (Å²) in [4.78, 5) is 31.3. The van der Waals surface area contributed by atoms with Gasteiger partial charge in [0, 0.05) is 28.9 Å². The number of rotatable bonds is 4. The Labute approximate surface area is 173 Å². The molecule has 5 rings (SSSR count). The number of amides is 1. The number of aromatic amines is 2. The highest BCUT2D eigenvalue weighted by Gasteiger charge is 2.20. The second-order valence-electron chi connectivity index (χ2n) is 7.95. The molecule has 1 fully saturated rings. The Morgan fingerprint density at radius 1 is 0.933 bits per heavy atom. The normalized spacial score (nSPS) is 14.9. The van der Waals surface area contributed by atoms with E-state index in [0.29, 0.717) is 12.1 Å². The Bertz CT molecular complexity index is 1280. The summed E-state index contributed by atoms with van der Waals surface area (Å²) in [5.74, 6) is 0.238. The topological polar surface area (TPSA) is 89.8 Å². The van der Waals surface area contributed by atoms with E-state index in [0.717, 1.165) is 59.0 Å². The number of fused-ring (bicyclic) bond motifs is 2. The van der Waals surface area contributed by atoms with Gasteiger partial charge in [0.15, 0.2) is 0 Å². The number of carbonyl (C=O) groups excluding carboxylic acids is 1. The molecule has 4 N–H and O–H groups in total. The van der Waals surface area contributed by atoms with E-state index in [1.165, 1.54) is 0 Å². The SMILES string of the molecule is O=C(NCc1ccc2[nH]c(-c3cc4ccccc4[nH]c3=O)cc2c1)C1CCNCC1. The molecule has 1 amide bonds. The summed E-state index contributed by atoms with van der Waals surface area (Å²) in [5, 5.41) is 8.37. The van der Waals surface area contributed by atoms with Crippen molar-refractivity contribution in [1.82, 2.24) is 20.6 Å². The molecular weight excluding hydrogens is 376 g/mol. The van der Waals surface area contributed by atoms with Crippen LogP contribution in [-0.2, 0) is 11.3 Å². The van der Waals surface area contributed by atoms with Crippen LogP contribution in [0.15, 0.2) is 59.4 Å². The van der Waals surface area contributed by atoms with E-state index in [9.17, 15) is 9.59 Å². The summed E-state index contributed by atoms with van der Waals surface area (Å²) in [6, 6.07) is 17.7. The molecule has 0 saturated carbocycles. The zero-order chi connectivity index (χ0) is 20.5. The number of hydrogen-bond donors (Lipinski definition) is 4. The Hall–Kier alpha value is -3.38. The second kappa shape index (κ2) is 7.80. The maximum atomic E-state index is 12.6. The van der Waals surface area contributed by atoms with Crippen LogP contribution in [-0.4, -0.2) is 29.0 Å². The lowest BCUT2D eigenvalue weighted by Crippen LogP contribution is -2.37. The van der Waals surface area contributed by atoms with E-state index >= 15 is 0 Å². The molecule has 1 aliphatic rings. The Morgan fingerprint density at radius 2 is 1.73 bits per heavy atom. The molecule has 0 radical (unpaired) electrons. The smallest absolute Gasteiger partial charge is 0.257 e. The van der Waals surface area contributed by atoms with Gasteiger partial charge in [-0.15, -0.1) is 0 Å². The summed E-state index contributed by atoms with van der Waals surface area (Å²) in [5.41, 5.74) is 4.12. The van der Waals surface area contributed by atoms with Gasteiger partial charge in [-0.05, 0) is 67.2 Å². The molecule has 1 saturated heterocycles. The highest BCUT2D eigenvalue weighted by molar-refractivity contribution is 5.89. The van der Waals surface area contributed by atoms with Gasteiger partial charge in [-0.25, -0.2) is 0 Å². The molecular formula is C24H24N4O2. The number of pyridine rings is 1. The zero-order valence-electron chi connectivity index (χ0n) is 16.6. The minimum Gasteiger partial charge on any atom is -0.354 e. The average molecular weight is 400 g/mol. The van der Waals surface area contributed by atoms with Crippen LogP contribution in [0.25, 0.3) is 33.1 Å². The van der Waals surface area contributed by atoms with Crippen LogP contribution in [0.2, 0.25) is 0 Å². The molecule has 0 atom stereocenters. The first-order chi connectivity index (χ1) is 14.7. The minimum atomic E-state index is -0.116. The molecule has 6 heteroatoms. The summed E-state index contributed by atoms with van der Waals surface area (Å²) in [7, 11) is 0. The number of aromatic nitrogens is 2. The summed E-state index contributed by atoms with van der Waals surface area (Å²) in [6.07, 6.45) is 1.79. The molecule has 0 bridgehead atoms. The fourth-order valence-corrected chi connectivity index (χ4v) is 4.20. The van der Waals surface area contributed by atoms with Crippen molar-refractivity contribution < 1.29 is 4.79 Å². The van der Waals surface area contributed by atoms with Crippen molar-refractivity contribution in [3.8, 4) is 11.3 Å². The van der Waals surface area contributed by atoms with Crippen LogP contribution in [0.3, 0.4) is 0 Å². The molecule has 152 valence electrons. The van der Waals surface area contributed by atoms with E-state index in [1.807, 2.05) is 48.5 Å². The Kier molecular flexibility index (Phi) is 4.85. The summed E-state index contributed by atoms with van der Waals surface area (Å²) < 4.78 is 0. The molecule has 4 aromatic rings. The van der Waals surface area contributed by atoms with Crippen molar-refractivity contribution in [2.75, 3.05) is 13.1 Å². The van der Waals surface area contributed by atoms with E-state index in [-0.39, 0.29) is 17.4 Å². The van der Waals surface area contributed by atoms with Gasteiger partial charge in [0.2, 0.25) is 5.91 Å². The summed E-state index contributed by atoms with van der Waals surface area (Å²) in [6.45, 7) is 2.32. The largest absolute Gasteiger partial charge is 0.354 e. The number of piperidine rings is 1. The number of H-pyrrole nitrogens is 2. The summed E-state index contributed by atoms with van der Waals surface area (Å²) >= 11 is 0. The lowest BCUT2D eigenvalue weighted by Gasteiger charge is -2.21. The van der Waals surface area contributed by atoms with E-state index in [4.69, 9.17) is 0 Å². The third-order valence-electron chi connectivity index (χ3n) is 5.91. The Morgan fingerprint density at radius 3 is 2.60 bits per heavy atom. The molecule has 30 heavy (non-hydrogen) atoms. The monoisotopic (exact) mass is 400 g/mol. The second-order valence-corrected chi connectivity index (χ2v) is 7.95. The van der Waals surface area contributed by atoms with E-state index in [1.54, 1.807) is 0 Å². The van der Waals surface area contributed by atoms with Crippen LogP contribution in [0.1, 0.15) is 18.4 Å². The van der Waals surface area contributed by atoms with Gasteiger partial charge in [0.05, 0.1) is 11.3 Å². The molecule has 2 aromatic carbocycles. The van der Waals surface area contributed by atoms with Gasteiger partial charge < -0.3 is 20.6 Å². The van der Waals surface area contributed by atoms with Crippen molar-refractivity contribution in [3.63, 3.8) is 0 Å². The van der Waals surface area contributed by atoms with Gasteiger partial charge in [-0.1, -0.05) is 24.3 Å². The molecule has 1 aliphatic heterocycles. The highest BCUT2D eigenvalue weighted by Crippen LogP contribution is 2.25. The number of carbonyl (C=O) groups is 1. The highest BCUT2D eigenvalue weighted by atomic mass is 16.2. The van der Waals surface area contributed by atoms with Crippen LogP contribution < -0.4 is 16.2 Å². The van der Waals surface area contributed by atoms with Gasteiger partial charge in [-0.3, -0.25) is 9.59 Å². The standard InChI is InChI=1S/C24H24N4O2/c29-23(16-7-9-25-10-8-16)26-14-15-5-6-21-18(11-15)13-22(27-21)19-12-17-3-1-2-4-20(17)28-24(19)30/h1-6,11-13,16,25,27H,7-10,14H2,(H,26,29)(H,28,30). The van der Waals surface area contributed by atoms with Gasteiger partial charge in [-0.2, -0.15) is 0 Å². The van der Waals surface area contributed by atoms with E-state index < -0.39 is 0 Å². The fourth-order valence-electron chi connectivity index (χ4n) is 4.20. The third-order valence-corrected chi connectivity index (χ3v) is 5.91. The van der Waals surface area contributed by atoms with Crippen LogP contribution in [0.5, 0.6) is 0 Å². The Balaban J connectivity index is 1.38. The molecule has 3 heterocycles. The minimum absolute atomic E-state index is 0.105. The van der Waals surface area contributed by atoms with Crippen molar-refractivity contribution in [2.45, 2.75) is 19.4 Å².